The van der Waals surface area contributed by atoms with E-state index in [1.165, 1.54) is 0 Å². The highest BCUT2D eigenvalue weighted by molar-refractivity contribution is 7.87. The first-order chi connectivity index (χ1) is 11.1. The van der Waals surface area contributed by atoms with E-state index in [1.807, 2.05) is 19.1 Å². The van der Waals surface area contributed by atoms with Gasteiger partial charge in [0.05, 0.1) is 18.9 Å². The molecule has 0 amide bonds. The van der Waals surface area contributed by atoms with E-state index in [0.717, 1.165) is 11.3 Å². The topological polar surface area (TPSA) is 55.8 Å². The maximum atomic E-state index is 12.5. The van der Waals surface area contributed by atoms with Gasteiger partial charge in [-0.25, -0.2) is 0 Å². The zero-order valence-corrected chi connectivity index (χ0v) is 13.8. The summed E-state index contributed by atoms with van der Waals surface area (Å²) < 4.78 is 35.7. The van der Waals surface area contributed by atoms with Crippen LogP contribution in [-0.2, 0) is 14.9 Å². The van der Waals surface area contributed by atoms with Gasteiger partial charge in [-0.1, -0.05) is 29.8 Å². The van der Waals surface area contributed by atoms with E-state index in [9.17, 15) is 8.42 Å². The monoisotopic (exact) mass is 333 g/mol. The van der Waals surface area contributed by atoms with Crippen molar-refractivity contribution in [3.63, 3.8) is 0 Å². The molecular weight excluding hydrogens is 314 g/mol. The molecule has 5 nitrogen and oxygen atoms in total. The number of rotatable bonds is 4. The molecule has 0 bridgehead atoms. The first kappa shape index (κ1) is 15.8. The fourth-order valence-corrected chi connectivity index (χ4v) is 3.41. The lowest BCUT2D eigenvalue weighted by molar-refractivity contribution is 0.122. The van der Waals surface area contributed by atoms with E-state index < -0.39 is 10.1 Å². The molecule has 0 aliphatic carbocycles. The van der Waals surface area contributed by atoms with Crippen molar-refractivity contribution in [3.05, 3.63) is 54.1 Å². The van der Waals surface area contributed by atoms with E-state index in [2.05, 4.69) is 4.90 Å². The third-order valence-electron chi connectivity index (χ3n) is 3.73. The Bertz CT molecular complexity index is 765. The molecular formula is C17H19NO4S. The zero-order valence-electron chi connectivity index (χ0n) is 12.9. The number of ether oxygens (including phenoxy) is 1. The molecule has 1 aliphatic heterocycles. The second kappa shape index (κ2) is 6.60. The average molecular weight is 333 g/mol. The predicted molar refractivity (Wildman–Crippen MR) is 88.5 cm³/mol. The Morgan fingerprint density at radius 2 is 1.65 bits per heavy atom. The average Bonchev–Trinajstić information content (AvgIpc) is 2.56. The maximum Gasteiger partial charge on any atom is 0.339 e. The molecule has 0 aromatic heterocycles. The minimum absolute atomic E-state index is 0.153. The number of hydrogen-bond acceptors (Lipinski definition) is 5. The summed E-state index contributed by atoms with van der Waals surface area (Å²) >= 11 is 0. The molecule has 23 heavy (non-hydrogen) atoms. The molecule has 122 valence electrons. The highest BCUT2D eigenvalue weighted by atomic mass is 32.2. The van der Waals surface area contributed by atoms with Crippen molar-refractivity contribution >= 4 is 15.8 Å². The Kier molecular flexibility index (Phi) is 4.54. The summed E-state index contributed by atoms with van der Waals surface area (Å²) in [6.45, 7) is 4.58. The summed E-state index contributed by atoms with van der Waals surface area (Å²) in [6, 6.07) is 13.8. The van der Waals surface area contributed by atoms with Gasteiger partial charge in [0.2, 0.25) is 0 Å². The van der Waals surface area contributed by atoms with E-state index in [-0.39, 0.29) is 4.90 Å². The van der Waals surface area contributed by atoms with Gasteiger partial charge in [0.1, 0.15) is 4.90 Å². The molecule has 0 radical (unpaired) electrons. The van der Waals surface area contributed by atoms with Crippen LogP contribution in [0.25, 0.3) is 0 Å². The van der Waals surface area contributed by atoms with Gasteiger partial charge in [0.25, 0.3) is 0 Å². The van der Waals surface area contributed by atoms with Crippen molar-refractivity contribution in [1.29, 1.82) is 0 Å². The highest BCUT2D eigenvalue weighted by Crippen LogP contribution is 2.31. The zero-order chi connectivity index (χ0) is 16.3. The number of anilines is 1. The van der Waals surface area contributed by atoms with Crippen LogP contribution in [0.4, 0.5) is 5.69 Å². The Morgan fingerprint density at radius 1 is 1.00 bits per heavy atom. The highest BCUT2D eigenvalue weighted by Gasteiger charge is 2.21. The van der Waals surface area contributed by atoms with Crippen molar-refractivity contribution in [2.24, 2.45) is 0 Å². The number of aryl methyl sites for hydroxylation is 1. The normalized spacial score (nSPS) is 15.4. The maximum absolute atomic E-state index is 12.5. The van der Waals surface area contributed by atoms with Crippen LogP contribution in [0.2, 0.25) is 0 Å². The van der Waals surface area contributed by atoms with Gasteiger partial charge >= 0.3 is 10.1 Å². The Labute approximate surface area is 136 Å². The van der Waals surface area contributed by atoms with Gasteiger partial charge in [-0.2, -0.15) is 8.42 Å². The molecule has 2 aromatic carbocycles. The van der Waals surface area contributed by atoms with Crippen molar-refractivity contribution in [2.45, 2.75) is 11.8 Å². The number of hydrogen-bond donors (Lipinski definition) is 0. The second-order valence-corrected chi connectivity index (χ2v) is 6.96. The van der Waals surface area contributed by atoms with Crippen molar-refractivity contribution in [1.82, 2.24) is 0 Å². The molecule has 0 unspecified atom stereocenters. The van der Waals surface area contributed by atoms with Gasteiger partial charge in [0, 0.05) is 13.1 Å². The molecule has 6 heteroatoms. The van der Waals surface area contributed by atoms with Crippen LogP contribution in [0.1, 0.15) is 5.56 Å². The summed E-state index contributed by atoms with van der Waals surface area (Å²) in [5.74, 6) is 0.343. The molecule has 0 atom stereocenters. The number of morpholine rings is 1. The lowest BCUT2D eigenvalue weighted by Gasteiger charge is -2.30. The third-order valence-corrected chi connectivity index (χ3v) is 4.97. The summed E-state index contributed by atoms with van der Waals surface area (Å²) in [5.41, 5.74) is 1.77. The molecule has 1 fully saturated rings. The third kappa shape index (κ3) is 3.65. The fraction of sp³-hybridized carbons (Fsp3) is 0.294. The van der Waals surface area contributed by atoms with Crippen LogP contribution in [0, 0.1) is 6.92 Å². The van der Waals surface area contributed by atoms with Crippen LogP contribution in [0.5, 0.6) is 5.75 Å². The largest absolute Gasteiger partial charge is 0.378 e. The van der Waals surface area contributed by atoms with Gasteiger partial charge in [0.15, 0.2) is 5.75 Å². The van der Waals surface area contributed by atoms with E-state index >= 15 is 0 Å². The second-order valence-electron chi connectivity index (χ2n) is 5.42. The smallest absolute Gasteiger partial charge is 0.339 e. The van der Waals surface area contributed by atoms with E-state index in [4.69, 9.17) is 8.92 Å². The molecule has 3 rings (SSSR count). The summed E-state index contributed by atoms with van der Waals surface area (Å²) in [6.07, 6.45) is 0. The summed E-state index contributed by atoms with van der Waals surface area (Å²) in [5, 5.41) is 0. The Morgan fingerprint density at radius 3 is 2.35 bits per heavy atom. The van der Waals surface area contributed by atoms with Crippen LogP contribution >= 0.6 is 0 Å². The van der Waals surface area contributed by atoms with Crippen LogP contribution in [-0.4, -0.2) is 34.7 Å². The Hall–Kier alpha value is -2.05. The van der Waals surface area contributed by atoms with Crippen molar-refractivity contribution < 1.29 is 17.3 Å². The first-order valence-corrected chi connectivity index (χ1v) is 8.90. The van der Waals surface area contributed by atoms with Gasteiger partial charge < -0.3 is 13.8 Å². The predicted octanol–water partition coefficient (Wildman–Crippen LogP) is 2.60. The van der Waals surface area contributed by atoms with Crippen molar-refractivity contribution in [2.75, 3.05) is 31.2 Å². The molecule has 0 N–H and O–H groups in total. The van der Waals surface area contributed by atoms with Crippen molar-refractivity contribution in [3.8, 4) is 5.75 Å². The van der Waals surface area contributed by atoms with Crippen LogP contribution in [0.15, 0.2) is 53.4 Å². The van der Waals surface area contributed by atoms with Crippen LogP contribution < -0.4 is 9.08 Å². The standard InChI is InChI=1S/C17H19NO4S/c1-14-6-8-15(9-7-14)23(19,20)22-17-5-3-2-4-16(17)18-10-12-21-13-11-18/h2-9H,10-13H2,1H3. The van der Waals surface area contributed by atoms with Crippen LogP contribution in [0.3, 0.4) is 0 Å². The molecule has 0 spiro atoms. The number of para-hydroxylation sites is 2. The fourth-order valence-electron chi connectivity index (χ4n) is 2.46. The summed E-state index contributed by atoms with van der Waals surface area (Å²) in [4.78, 5) is 2.23. The van der Waals surface area contributed by atoms with Gasteiger partial charge in [-0.3, -0.25) is 0 Å². The minimum atomic E-state index is -3.85. The minimum Gasteiger partial charge on any atom is -0.378 e. The van der Waals surface area contributed by atoms with E-state index in [1.54, 1.807) is 36.4 Å². The van der Waals surface area contributed by atoms with Gasteiger partial charge in [-0.15, -0.1) is 0 Å². The molecule has 1 aliphatic rings. The molecule has 1 saturated heterocycles. The first-order valence-electron chi connectivity index (χ1n) is 7.49. The molecule has 1 heterocycles. The number of benzene rings is 2. The van der Waals surface area contributed by atoms with Gasteiger partial charge in [-0.05, 0) is 31.2 Å². The summed E-state index contributed by atoms with van der Waals surface area (Å²) in [7, 11) is -3.85. The quantitative estimate of drug-likeness (QED) is 0.805. The van der Waals surface area contributed by atoms with E-state index in [0.29, 0.717) is 32.1 Å². The molecule has 2 aromatic rings. The lowest BCUT2D eigenvalue weighted by Crippen LogP contribution is -2.36. The lowest BCUT2D eigenvalue weighted by atomic mass is 10.2. The SMILES string of the molecule is Cc1ccc(S(=O)(=O)Oc2ccccc2N2CCOCC2)cc1. The number of nitrogens with zero attached hydrogens (tertiary/aromatic N) is 1. The molecule has 0 saturated carbocycles. The Balaban J connectivity index is 1.89.